The number of carbonyl (C=O) groups is 2. The summed E-state index contributed by atoms with van der Waals surface area (Å²) < 4.78 is 15.1. The van der Waals surface area contributed by atoms with Crippen molar-refractivity contribution in [3.05, 3.63) is 41.2 Å². The van der Waals surface area contributed by atoms with E-state index in [1.54, 1.807) is 36.5 Å². The van der Waals surface area contributed by atoms with E-state index in [0.29, 0.717) is 23.9 Å². The Morgan fingerprint density at radius 1 is 1.33 bits per heavy atom. The number of rotatable bonds is 11. The number of nitrogens with zero attached hydrogens (tertiary/aromatic N) is 5. The molecular formula is C21H27ClFN7O3. The van der Waals surface area contributed by atoms with Crippen molar-refractivity contribution in [3.63, 3.8) is 0 Å². The smallest absolute Gasteiger partial charge is 0.243 e. The van der Waals surface area contributed by atoms with E-state index in [-0.39, 0.29) is 29.9 Å². The molecule has 2 aromatic heterocycles. The Morgan fingerprint density at radius 3 is 2.70 bits per heavy atom. The fourth-order valence-electron chi connectivity index (χ4n) is 3.99. The molecular weight excluding hydrogens is 453 g/mol. The number of hydrazine groups is 1. The lowest BCUT2D eigenvalue weighted by atomic mass is 9.92. The second kappa shape index (κ2) is 11.7. The lowest BCUT2D eigenvalue weighted by Gasteiger charge is -2.23. The van der Waals surface area contributed by atoms with Crippen LogP contribution in [-0.4, -0.2) is 51.1 Å². The van der Waals surface area contributed by atoms with Gasteiger partial charge in [-0.05, 0) is 41.6 Å². The molecule has 1 atom stereocenters. The molecule has 0 aliphatic heterocycles. The summed E-state index contributed by atoms with van der Waals surface area (Å²) in [4.78, 5) is 36.9. The second-order valence-corrected chi connectivity index (χ2v) is 8.45. The zero-order valence-electron chi connectivity index (χ0n) is 18.2. The van der Waals surface area contributed by atoms with Crippen LogP contribution in [-0.2, 0) is 16.1 Å². The summed E-state index contributed by atoms with van der Waals surface area (Å²) >= 11 is 5.99. The van der Waals surface area contributed by atoms with Gasteiger partial charge in [0, 0.05) is 26.0 Å². The van der Waals surface area contributed by atoms with Gasteiger partial charge in [-0.2, -0.15) is 14.4 Å². The van der Waals surface area contributed by atoms with Crippen LogP contribution in [0, 0.1) is 17.7 Å². The van der Waals surface area contributed by atoms with Crippen LogP contribution in [0.1, 0.15) is 37.7 Å². The van der Waals surface area contributed by atoms with Gasteiger partial charge in [0.25, 0.3) is 0 Å². The fraction of sp³-hybridized carbons (Fsp3) is 0.476. The molecule has 1 saturated carbocycles. The van der Waals surface area contributed by atoms with E-state index in [1.807, 2.05) is 0 Å². The van der Waals surface area contributed by atoms with Crippen molar-refractivity contribution < 1.29 is 19.2 Å². The maximum atomic E-state index is 15.1. The monoisotopic (exact) mass is 479 g/mol. The first-order valence-electron chi connectivity index (χ1n) is 10.7. The molecule has 10 nitrogen and oxygen atoms in total. The van der Waals surface area contributed by atoms with Gasteiger partial charge in [0.2, 0.25) is 23.4 Å². The molecule has 1 aliphatic carbocycles. The van der Waals surface area contributed by atoms with Gasteiger partial charge in [0.05, 0.1) is 12.5 Å². The molecule has 0 unspecified atom stereocenters. The van der Waals surface area contributed by atoms with Gasteiger partial charge in [-0.15, -0.1) is 0 Å². The van der Waals surface area contributed by atoms with Crippen molar-refractivity contribution in [2.75, 3.05) is 23.9 Å². The number of halogens is 2. The average molecular weight is 480 g/mol. The number of hydroxylamine groups is 2. The standard InChI is InChI=1S/C21H27ClFN7O3/c1-29(11-15-6-8-24-9-7-15)19-17(23)18(25-21(22)26-19)27-28-20(32)16(12-30(33)13-31)10-14-4-2-3-5-14/h6-9,13-14,16,33H,2-5,10-12H2,1H3,(H,28,32)(H,25,26,27)/t16-/m0/s1. The van der Waals surface area contributed by atoms with Crippen molar-refractivity contribution in [2.24, 2.45) is 11.8 Å². The zero-order valence-corrected chi connectivity index (χ0v) is 19.0. The van der Waals surface area contributed by atoms with Gasteiger partial charge >= 0.3 is 0 Å². The number of hydrogen-bond donors (Lipinski definition) is 3. The number of anilines is 2. The molecule has 178 valence electrons. The number of carbonyl (C=O) groups excluding carboxylic acids is 2. The van der Waals surface area contributed by atoms with Crippen molar-refractivity contribution in [2.45, 2.75) is 38.6 Å². The highest BCUT2D eigenvalue weighted by Crippen LogP contribution is 2.31. The van der Waals surface area contributed by atoms with E-state index in [4.69, 9.17) is 11.6 Å². The van der Waals surface area contributed by atoms with Crippen LogP contribution in [0.4, 0.5) is 16.0 Å². The molecule has 0 spiro atoms. The molecule has 33 heavy (non-hydrogen) atoms. The van der Waals surface area contributed by atoms with Crippen molar-refractivity contribution in [1.82, 2.24) is 25.4 Å². The number of amides is 2. The molecule has 2 aromatic rings. The molecule has 0 radical (unpaired) electrons. The highest BCUT2D eigenvalue weighted by molar-refractivity contribution is 6.28. The molecule has 12 heteroatoms. The normalized spacial score (nSPS) is 14.5. The lowest BCUT2D eigenvalue weighted by Crippen LogP contribution is -2.41. The Morgan fingerprint density at radius 2 is 2.03 bits per heavy atom. The van der Waals surface area contributed by atoms with Gasteiger partial charge in [-0.25, -0.2) is 5.06 Å². The molecule has 0 bridgehead atoms. The topological polar surface area (TPSA) is 124 Å². The number of pyridine rings is 1. The van der Waals surface area contributed by atoms with Crippen LogP contribution in [0.5, 0.6) is 0 Å². The summed E-state index contributed by atoms with van der Waals surface area (Å²) in [5.41, 5.74) is 5.79. The first-order chi connectivity index (χ1) is 15.9. The Bertz CT molecular complexity index is 947. The van der Waals surface area contributed by atoms with Crippen LogP contribution in [0.15, 0.2) is 24.5 Å². The van der Waals surface area contributed by atoms with Gasteiger partial charge in [-0.3, -0.25) is 30.6 Å². The highest BCUT2D eigenvalue weighted by Gasteiger charge is 2.27. The van der Waals surface area contributed by atoms with Crippen molar-refractivity contribution in [3.8, 4) is 0 Å². The minimum Gasteiger partial charge on any atom is -0.353 e. The summed E-state index contributed by atoms with van der Waals surface area (Å²) in [7, 11) is 1.65. The molecule has 1 aliphatic rings. The van der Waals surface area contributed by atoms with E-state index in [9.17, 15) is 14.8 Å². The highest BCUT2D eigenvalue weighted by atomic mass is 35.5. The third-order valence-corrected chi connectivity index (χ3v) is 5.80. The summed E-state index contributed by atoms with van der Waals surface area (Å²) in [5, 5.41) is 9.83. The Hall–Kier alpha value is -3.05. The van der Waals surface area contributed by atoms with Gasteiger partial charge in [0.15, 0.2) is 11.6 Å². The van der Waals surface area contributed by atoms with Crippen LogP contribution in [0.25, 0.3) is 0 Å². The van der Waals surface area contributed by atoms with Gasteiger partial charge in [-0.1, -0.05) is 25.7 Å². The van der Waals surface area contributed by atoms with Gasteiger partial charge in [0.1, 0.15) is 0 Å². The minimum absolute atomic E-state index is 0.0476. The molecule has 0 aromatic carbocycles. The van der Waals surface area contributed by atoms with E-state index < -0.39 is 17.6 Å². The Kier molecular flexibility index (Phi) is 8.72. The zero-order chi connectivity index (χ0) is 23.8. The summed E-state index contributed by atoms with van der Waals surface area (Å²) in [6.07, 6.45) is 8.19. The van der Waals surface area contributed by atoms with E-state index in [0.717, 1.165) is 31.2 Å². The van der Waals surface area contributed by atoms with Crippen molar-refractivity contribution in [1.29, 1.82) is 0 Å². The van der Waals surface area contributed by atoms with Crippen LogP contribution in [0.3, 0.4) is 0 Å². The number of aromatic nitrogens is 3. The predicted octanol–water partition coefficient (Wildman–Crippen LogP) is 2.79. The lowest BCUT2D eigenvalue weighted by molar-refractivity contribution is -0.154. The first kappa shape index (κ1) is 24.6. The molecule has 3 rings (SSSR count). The summed E-state index contributed by atoms with van der Waals surface area (Å²) in [6.45, 7) is 0.181. The quantitative estimate of drug-likeness (QED) is 0.194. The minimum atomic E-state index is -0.791. The molecule has 1 fully saturated rings. The maximum absolute atomic E-state index is 15.1. The summed E-state index contributed by atoms with van der Waals surface area (Å²) in [6, 6.07) is 3.59. The fourth-order valence-corrected chi connectivity index (χ4v) is 4.15. The maximum Gasteiger partial charge on any atom is 0.243 e. The second-order valence-electron chi connectivity index (χ2n) is 8.12. The van der Waals surface area contributed by atoms with Gasteiger partial charge < -0.3 is 4.90 Å². The SMILES string of the molecule is CN(Cc1ccncc1)c1nc(Cl)nc(NNC(=O)[C@@H](CC2CCCC2)CN(O)C=O)c1F. The third kappa shape index (κ3) is 6.96. The molecule has 2 amide bonds. The van der Waals surface area contributed by atoms with E-state index in [1.165, 1.54) is 0 Å². The largest absolute Gasteiger partial charge is 0.353 e. The number of hydrogen-bond acceptors (Lipinski definition) is 8. The molecule has 3 N–H and O–H groups in total. The first-order valence-corrected chi connectivity index (χ1v) is 11.0. The molecule has 0 saturated heterocycles. The third-order valence-electron chi connectivity index (χ3n) is 5.63. The number of nitrogens with one attached hydrogen (secondary N) is 2. The summed E-state index contributed by atoms with van der Waals surface area (Å²) in [5.74, 6) is -1.97. The predicted molar refractivity (Wildman–Crippen MR) is 120 cm³/mol. The Balaban J connectivity index is 1.69. The van der Waals surface area contributed by atoms with E-state index >= 15 is 4.39 Å². The van der Waals surface area contributed by atoms with Crippen LogP contribution >= 0.6 is 11.6 Å². The molecule has 2 heterocycles. The Labute approximate surface area is 196 Å². The van der Waals surface area contributed by atoms with Crippen LogP contribution < -0.4 is 15.8 Å². The van der Waals surface area contributed by atoms with E-state index in [2.05, 4.69) is 25.8 Å². The average Bonchev–Trinajstić information content (AvgIpc) is 3.32. The van der Waals surface area contributed by atoms with Crippen LogP contribution in [0.2, 0.25) is 5.28 Å². The van der Waals surface area contributed by atoms with Crippen molar-refractivity contribution >= 4 is 35.6 Å².